The van der Waals surface area contributed by atoms with Gasteiger partial charge in [-0.05, 0) is 37.0 Å². The second kappa shape index (κ2) is 7.81. The van der Waals surface area contributed by atoms with E-state index >= 15 is 0 Å². The van der Waals surface area contributed by atoms with E-state index in [4.69, 9.17) is 4.74 Å². The molecule has 0 amide bonds. The number of benzene rings is 1. The zero-order valence-electron chi connectivity index (χ0n) is 14.3. The summed E-state index contributed by atoms with van der Waals surface area (Å²) < 4.78 is 71.5. The van der Waals surface area contributed by atoms with Gasteiger partial charge in [-0.15, -0.1) is 0 Å². The molecule has 6 nitrogen and oxygen atoms in total. The summed E-state index contributed by atoms with van der Waals surface area (Å²) in [6, 6.07) is 6.16. The third-order valence-electron chi connectivity index (χ3n) is 4.37. The van der Waals surface area contributed by atoms with Crippen molar-refractivity contribution in [2.75, 3.05) is 19.7 Å². The van der Waals surface area contributed by atoms with E-state index in [2.05, 4.69) is 9.97 Å². The zero-order chi connectivity index (χ0) is 19.5. The third-order valence-corrected chi connectivity index (χ3v) is 6.33. The first kappa shape index (κ1) is 19.6. The van der Waals surface area contributed by atoms with Crippen LogP contribution in [0.25, 0.3) is 0 Å². The molecule has 0 radical (unpaired) electrons. The van der Waals surface area contributed by atoms with Crippen LogP contribution in [0.1, 0.15) is 18.4 Å². The fourth-order valence-corrected chi connectivity index (χ4v) is 4.62. The topological polar surface area (TPSA) is 72.4 Å². The molecule has 1 fully saturated rings. The number of hydrogen-bond acceptors (Lipinski definition) is 5. The maximum Gasteiger partial charge on any atom is 0.417 e. The van der Waals surface area contributed by atoms with Crippen molar-refractivity contribution in [2.45, 2.75) is 23.9 Å². The van der Waals surface area contributed by atoms with E-state index in [0.29, 0.717) is 19.4 Å². The standard InChI is InChI=1S/C17H18F3N3O3S/c18-17(19,20)14-4-1-2-5-15(14)27(24,25)23-10-6-13(7-11-23)12-26-16-21-8-3-9-22-16/h1-5,8-9,13H,6-7,10-12H2. The van der Waals surface area contributed by atoms with Crippen molar-refractivity contribution in [3.8, 4) is 6.01 Å². The van der Waals surface area contributed by atoms with Crippen LogP contribution in [-0.2, 0) is 16.2 Å². The van der Waals surface area contributed by atoms with Crippen LogP contribution in [0.2, 0.25) is 0 Å². The largest absolute Gasteiger partial charge is 0.463 e. The molecule has 1 aromatic carbocycles. The van der Waals surface area contributed by atoms with Gasteiger partial charge in [0.05, 0.1) is 17.1 Å². The molecular weight excluding hydrogens is 383 g/mol. The summed E-state index contributed by atoms with van der Waals surface area (Å²) in [4.78, 5) is 7.18. The SMILES string of the molecule is O=S(=O)(c1ccccc1C(F)(F)F)N1CCC(COc2ncccn2)CC1. The van der Waals surface area contributed by atoms with E-state index in [0.717, 1.165) is 16.4 Å². The van der Waals surface area contributed by atoms with E-state index < -0.39 is 26.7 Å². The lowest BCUT2D eigenvalue weighted by Gasteiger charge is -2.31. The highest BCUT2D eigenvalue weighted by Crippen LogP contribution is 2.36. The molecule has 146 valence electrons. The highest BCUT2D eigenvalue weighted by Gasteiger charge is 2.39. The Balaban J connectivity index is 1.65. The van der Waals surface area contributed by atoms with Crippen molar-refractivity contribution in [3.05, 3.63) is 48.3 Å². The highest BCUT2D eigenvalue weighted by molar-refractivity contribution is 7.89. The van der Waals surface area contributed by atoms with Crippen molar-refractivity contribution in [2.24, 2.45) is 5.92 Å². The van der Waals surface area contributed by atoms with Crippen molar-refractivity contribution in [1.82, 2.24) is 14.3 Å². The summed E-state index contributed by atoms with van der Waals surface area (Å²) in [7, 11) is -4.22. The van der Waals surface area contributed by atoms with Gasteiger partial charge in [0.1, 0.15) is 0 Å². The van der Waals surface area contributed by atoms with Crippen LogP contribution < -0.4 is 4.74 Å². The predicted octanol–water partition coefficient (Wildman–Crippen LogP) is 2.98. The monoisotopic (exact) mass is 401 g/mol. The fourth-order valence-electron chi connectivity index (χ4n) is 2.93. The molecule has 27 heavy (non-hydrogen) atoms. The number of nitrogens with zero attached hydrogens (tertiary/aromatic N) is 3. The predicted molar refractivity (Wildman–Crippen MR) is 90.5 cm³/mol. The molecule has 0 aliphatic carbocycles. The molecule has 0 N–H and O–H groups in total. The first-order valence-corrected chi connectivity index (χ1v) is 9.78. The van der Waals surface area contributed by atoms with Gasteiger partial charge in [-0.25, -0.2) is 18.4 Å². The van der Waals surface area contributed by atoms with Crippen molar-refractivity contribution >= 4 is 10.0 Å². The van der Waals surface area contributed by atoms with Gasteiger partial charge in [0.15, 0.2) is 0 Å². The summed E-state index contributed by atoms with van der Waals surface area (Å²) >= 11 is 0. The van der Waals surface area contributed by atoms with Gasteiger partial charge in [0, 0.05) is 25.5 Å². The normalized spacial score (nSPS) is 17.0. The van der Waals surface area contributed by atoms with Crippen LogP contribution in [0.3, 0.4) is 0 Å². The molecule has 2 heterocycles. The van der Waals surface area contributed by atoms with Crippen LogP contribution in [0.4, 0.5) is 13.2 Å². The molecule has 1 aromatic heterocycles. The first-order chi connectivity index (χ1) is 12.8. The lowest BCUT2D eigenvalue weighted by atomic mass is 9.99. The van der Waals surface area contributed by atoms with E-state index in [-0.39, 0.29) is 25.0 Å². The number of sulfonamides is 1. The number of hydrogen-bond donors (Lipinski definition) is 0. The molecule has 1 aliphatic rings. The highest BCUT2D eigenvalue weighted by atomic mass is 32.2. The maximum atomic E-state index is 13.2. The summed E-state index contributed by atoms with van der Waals surface area (Å²) in [6.45, 7) is 0.605. The van der Waals surface area contributed by atoms with Crippen LogP contribution >= 0.6 is 0 Å². The smallest absolute Gasteiger partial charge is 0.417 e. The molecule has 10 heteroatoms. The Hall–Kier alpha value is -2.20. The Morgan fingerprint density at radius 2 is 1.70 bits per heavy atom. The number of rotatable bonds is 5. The second-order valence-corrected chi connectivity index (χ2v) is 8.09. The van der Waals surface area contributed by atoms with Gasteiger partial charge < -0.3 is 4.74 Å². The van der Waals surface area contributed by atoms with Crippen molar-refractivity contribution < 1.29 is 26.3 Å². The van der Waals surface area contributed by atoms with E-state index in [1.54, 1.807) is 18.5 Å². The average Bonchev–Trinajstić information content (AvgIpc) is 2.67. The van der Waals surface area contributed by atoms with E-state index in [1.165, 1.54) is 12.1 Å². The van der Waals surface area contributed by atoms with Gasteiger partial charge in [-0.3, -0.25) is 0 Å². The molecule has 1 aliphatic heterocycles. The van der Waals surface area contributed by atoms with Gasteiger partial charge in [-0.1, -0.05) is 12.1 Å². The third kappa shape index (κ3) is 4.56. The molecule has 0 atom stereocenters. The minimum Gasteiger partial charge on any atom is -0.463 e. The van der Waals surface area contributed by atoms with Crippen LogP contribution in [0, 0.1) is 5.92 Å². The number of piperidine rings is 1. The van der Waals surface area contributed by atoms with Crippen molar-refractivity contribution in [1.29, 1.82) is 0 Å². The average molecular weight is 401 g/mol. The number of alkyl halides is 3. The Labute approximate surface area is 155 Å². The molecule has 3 rings (SSSR count). The number of ether oxygens (including phenoxy) is 1. The van der Waals surface area contributed by atoms with Crippen LogP contribution in [0.15, 0.2) is 47.6 Å². The van der Waals surface area contributed by atoms with Gasteiger partial charge >= 0.3 is 12.2 Å². The quantitative estimate of drug-likeness (QED) is 0.770. The Bertz CT molecular complexity index is 868. The minimum atomic E-state index is -4.73. The zero-order valence-corrected chi connectivity index (χ0v) is 15.1. The molecule has 1 saturated heterocycles. The first-order valence-electron chi connectivity index (χ1n) is 8.34. The molecular formula is C17H18F3N3O3S. The van der Waals surface area contributed by atoms with Gasteiger partial charge in [0.2, 0.25) is 10.0 Å². The molecule has 0 unspecified atom stereocenters. The van der Waals surface area contributed by atoms with Crippen molar-refractivity contribution in [3.63, 3.8) is 0 Å². The summed E-state index contributed by atoms with van der Waals surface area (Å²) in [5, 5.41) is 0. The van der Waals surface area contributed by atoms with Crippen LogP contribution in [-0.4, -0.2) is 42.4 Å². The summed E-state index contributed by atoms with van der Waals surface area (Å²) in [6.07, 6.45) is -0.656. The van der Waals surface area contributed by atoms with Gasteiger partial charge in [-0.2, -0.15) is 17.5 Å². The molecule has 0 bridgehead atoms. The number of aromatic nitrogens is 2. The summed E-state index contributed by atoms with van der Waals surface area (Å²) in [5.41, 5.74) is -1.14. The van der Waals surface area contributed by atoms with E-state index in [1.807, 2.05) is 0 Å². The Morgan fingerprint density at radius 1 is 1.07 bits per heavy atom. The summed E-state index contributed by atoms with van der Waals surface area (Å²) in [5.74, 6) is 0.0816. The molecule has 0 saturated carbocycles. The van der Waals surface area contributed by atoms with Gasteiger partial charge in [0.25, 0.3) is 0 Å². The molecule has 0 spiro atoms. The maximum absolute atomic E-state index is 13.2. The fraction of sp³-hybridized carbons (Fsp3) is 0.412. The minimum absolute atomic E-state index is 0.0816. The number of halogens is 3. The van der Waals surface area contributed by atoms with E-state index in [9.17, 15) is 21.6 Å². The Morgan fingerprint density at radius 3 is 2.33 bits per heavy atom. The lowest BCUT2D eigenvalue weighted by molar-refractivity contribution is -0.139. The van der Waals surface area contributed by atoms with Crippen LogP contribution in [0.5, 0.6) is 6.01 Å². The second-order valence-electron chi connectivity index (χ2n) is 6.18. The lowest BCUT2D eigenvalue weighted by Crippen LogP contribution is -2.40. The Kier molecular flexibility index (Phi) is 5.66. The molecule has 2 aromatic rings.